The van der Waals surface area contributed by atoms with Crippen molar-refractivity contribution < 1.29 is 4.79 Å². The maximum absolute atomic E-state index is 11.7. The SMILES string of the molecule is O=C(CCCc1cccs1)NCC1=CCNCC1. The van der Waals surface area contributed by atoms with Gasteiger partial charge in [-0.25, -0.2) is 0 Å². The number of nitrogens with one attached hydrogen (secondary N) is 2. The van der Waals surface area contributed by atoms with E-state index in [9.17, 15) is 4.79 Å². The Labute approximate surface area is 112 Å². The second-order valence-corrected chi connectivity index (χ2v) is 5.56. The van der Waals surface area contributed by atoms with E-state index in [2.05, 4.69) is 34.2 Å². The molecule has 2 rings (SSSR count). The van der Waals surface area contributed by atoms with Gasteiger partial charge < -0.3 is 10.6 Å². The minimum Gasteiger partial charge on any atom is -0.352 e. The Morgan fingerprint density at radius 1 is 1.50 bits per heavy atom. The van der Waals surface area contributed by atoms with Crippen LogP contribution < -0.4 is 10.6 Å². The maximum atomic E-state index is 11.7. The Morgan fingerprint density at radius 3 is 3.17 bits per heavy atom. The molecule has 1 aromatic rings. The van der Waals surface area contributed by atoms with Crippen LogP contribution in [0.5, 0.6) is 0 Å². The van der Waals surface area contributed by atoms with Gasteiger partial charge in [-0.05, 0) is 37.3 Å². The average molecular weight is 264 g/mol. The zero-order valence-electron chi connectivity index (χ0n) is 10.6. The van der Waals surface area contributed by atoms with E-state index >= 15 is 0 Å². The lowest BCUT2D eigenvalue weighted by atomic mass is 10.1. The maximum Gasteiger partial charge on any atom is 0.220 e. The lowest BCUT2D eigenvalue weighted by Gasteiger charge is -2.14. The largest absolute Gasteiger partial charge is 0.352 e. The van der Waals surface area contributed by atoms with Crippen LogP contribution in [-0.4, -0.2) is 25.5 Å². The first-order valence-corrected chi connectivity index (χ1v) is 7.40. The highest BCUT2D eigenvalue weighted by molar-refractivity contribution is 7.09. The third-order valence-corrected chi connectivity index (χ3v) is 4.01. The highest BCUT2D eigenvalue weighted by atomic mass is 32.1. The summed E-state index contributed by atoms with van der Waals surface area (Å²) in [5.41, 5.74) is 1.35. The quantitative estimate of drug-likeness (QED) is 0.773. The normalized spacial score (nSPS) is 15.2. The van der Waals surface area contributed by atoms with Gasteiger partial charge in [-0.15, -0.1) is 11.3 Å². The molecule has 0 radical (unpaired) electrons. The van der Waals surface area contributed by atoms with E-state index in [0.717, 1.165) is 38.9 Å². The highest BCUT2D eigenvalue weighted by Crippen LogP contribution is 2.11. The first kappa shape index (κ1) is 13.3. The van der Waals surface area contributed by atoms with Gasteiger partial charge in [0.15, 0.2) is 0 Å². The monoisotopic (exact) mass is 264 g/mol. The molecular formula is C14H20N2OS. The van der Waals surface area contributed by atoms with Gasteiger partial charge in [0.2, 0.25) is 5.91 Å². The van der Waals surface area contributed by atoms with E-state index < -0.39 is 0 Å². The summed E-state index contributed by atoms with van der Waals surface area (Å²) in [7, 11) is 0. The lowest BCUT2D eigenvalue weighted by molar-refractivity contribution is -0.121. The number of amides is 1. The van der Waals surface area contributed by atoms with E-state index in [0.29, 0.717) is 6.42 Å². The predicted octanol–water partition coefficient (Wildman–Crippen LogP) is 2.11. The number of hydrogen-bond donors (Lipinski definition) is 2. The molecule has 4 heteroatoms. The molecule has 3 nitrogen and oxygen atoms in total. The summed E-state index contributed by atoms with van der Waals surface area (Å²) >= 11 is 1.76. The van der Waals surface area contributed by atoms with Crippen molar-refractivity contribution in [2.24, 2.45) is 0 Å². The van der Waals surface area contributed by atoms with Crippen molar-refractivity contribution in [3.63, 3.8) is 0 Å². The van der Waals surface area contributed by atoms with Crippen LogP contribution in [0.15, 0.2) is 29.2 Å². The summed E-state index contributed by atoms with van der Waals surface area (Å²) in [5, 5.41) is 8.35. The van der Waals surface area contributed by atoms with Crippen molar-refractivity contribution in [2.75, 3.05) is 19.6 Å². The minimum atomic E-state index is 0.172. The Bertz CT molecular complexity index is 398. The lowest BCUT2D eigenvalue weighted by Crippen LogP contribution is -2.29. The molecule has 0 aromatic carbocycles. The number of thiophene rings is 1. The molecule has 0 atom stereocenters. The summed E-state index contributed by atoms with van der Waals surface area (Å²) in [4.78, 5) is 13.0. The summed E-state index contributed by atoms with van der Waals surface area (Å²) < 4.78 is 0. The van der Waals surface area contributed by atoms with Gasteiger partial charge in [-0.3, -0.25) is 4.79 Å². The molecule has 2 heterocycles. The molecule has 1 amide bonds. The molecule has 0 saturated heterocycles. The van der Waals surface area contributed by atoms with E-state index in [-0.39, 0.29) is 5.91 Å². The summed E-state index contributed by atoms with van der Waals surface area (Å²) in [6.07, 6.45) is 5.80. The van der Waals surface area contributed by atoms with E-state index in [1.54, 1.807) is 11.3 Å². The van der Waals surface area contributed by atoms with Crippen molar-refractivity contribution in [3.8, 4) is 0 Å². The van der Waals surface area contributed by atoms with Gasteiger partial charge in [-0.1, -0.05) is 17.7 Å². The molecule has 0 saturated carbocycles. The van der Waals surface area contributed by atoms with E-state index in [1.807, 2.05) is 0 Å². The number of aryl methyl sites for hydroxylation is 1. The van der Waals surface area contributed by atoms with Crippen LogP contribution in [0.2, 0.25) is 0 Å². The first-order valence-electron chi connectivity index (χ1n) is 6.52. The Morgan fingerprint density at radius 2 is 2.44 bits per heavy atom. The fourth-order valence-corrected chi connectivity index (χ4v) is 2.76. The first-order chi connectivity index (χ1) is 8.84. The fraction of sp³-hybridized carbons (Fsp3) is 0.500. The number of rotatable bonds is 6. The predicted molar refractivity (Wildman–Crippen MR) is 75.8 cm³/mol. The zero-order valence-corrected chi connectivity index (χ0v) is 11.4. The van der Waals surface area contributed by atoms with Crippen LogP contribution in [0, 0.1) is 0 Å². The van der Waals surface area contributed by atoms with Crippen LogP contribution in [-0.2, 0) is 11.2 Å². The van der Waals surface area contributed by atoms with E-state index in [1.165, 1.54) is 10.5 Å². The minimum absolute atomic E-state index is 0.172. The van der Waals surface area contributed by atoms with Crippen molar-refractivity contribution in [2.45, 2.75) is 25.7 Å². The molecule has 2 N–H and O–H groups in total. The summed E-state index contributed by atoms with van der Waals surface area (Å²) in [6, 6.07) is 4.19. The van der Waals surface area contributed by atoms with Crippen LogP contribution in [0.3, 0.4) is 0 Å². The third kappa shape index (κ3) is 4.63. The Kier molecular flexibility index (Phi) is 5.42. The van der Waals surface area contributed by atoms with Crippen LogP contribution in [0.25, 0.3) is 0 Å². The molecule has 0 bridgehead atoms. The smallest absolute Gasteiger partial charge is 0.220 e. The third-order valence-electron chi connectivity index (χ3n) is 3.08. The van der Waals surface area contributed by atoms with Gasteiger partial charge in [0.25, 0.3) is 0 Å². The highest BCUT2D eigenvalue weighted by Gasteiger charge is 2.05. The van der Waals surface area contributed by atoms with Crippen molar-refractivity contribution in [3.05, 3.63) is 34.0 Å². The number of carbonyl (C=O) groups is 1. The summed E-state index contributed by atoms with van der Waals surface area (Å²) in [5.74, 6) is 0.172. The van der Waals surface area contributed by atoms with E-state index in [4.69, 9.17) is 0 Å². The molecule has 18 heavy (non-hydrogen) atoms. The molecule has 0 spiro atoms. The number of carbonyl (C=O) groups excluding carboxylic acids is 1. The molecule has 1 aliphatic heterocycles. The zero-order chi connectivity index (χ0) is 12.6. The average Bonchev–Trinajstić information content (AvgIpc) is 2.91. The Hall–Kier alpha value is -1.13. The van der Waals surface area contributed by atoms with Gasteiger partial charge in [-0.2, -0.15) is 0 Å². The molecule has 0 unspecified atom stereocenters. The second-order valence-electron chi connectivity index (χ2n) is 4.53. The standard InChI is InChI=1S/C14H20N2OS/c17-14(5-1-3-13-4-2-10-18-13)16-11-12-6-8-15-9-7-12/h2,4,6,10,15H,1,3,5,7-9,11H2,(H,16,17). The molecule has 98 valence electrons. The molecule has 0 fully saturated rings. The molecule has 1 aliphatic rings. The fourth-order valence-electron chi connectivity index (χ4n) is 2.01. The van der Waals surface area contributed by atoms with Crippen molar-refractivity contribution in [1.29, 1.82) is 0 Å². The van der Waals surface area contributed by atoms with Crippen LogP contribution in [0.1, 0.15) is 24.1 Å². The Balaban J connectivity index is 1.59. The molecule has 1 aromatic heterocycles. The van der Waals surface area contributed by atoms with Crippen molar-refractivity contribution in [1.82, 2.24) is 10.6 Å². The van der Waals surface area contributed by atoms with Crippen molar-refractivity contribution >= 4 is 17.2 Å². The number of hydrogen-bond acceptors (Lipinski definition) is 3. The topological polar surface area (TPSA) is 41.1 Å². The summed E-state index contributed by atoms with van der Waals surface area (Å²) in [6.45, 7) is 2.68. The molecule has 0 aliphatic carbocycles. The second kappa shape index (κ2) is 7.34. The van der Waals surface area contributed by atoms with Crippen LogP contribution >= 0.6 is 11.3 Å². The van der Waals surface area contributed by atoms with Gasteiger partial charge >= 0.3 is 0 Å². The van der Waals surface area contributed by atoms with Gasteiger partial charge in [0, 0.05) is 24.4 Å². The molecular weight excluding hydrogens is 244 g/mol. The van der Waals surface area contributed by atoms with Gasteiger partial charge in [0.1, 0.15) is 0 Å². The van der Waals surface area contributed by atoms with Crippen LogP contribution in [0.4, 0.5) is 0 Å². The van der Waals surface area contributed by atoms with Gasteiger partial charge in [0.05, 0.1) is 0 Å².